The summed E-state index contributed by atoms with van der Waals surface area (Å²) in [5.41, 5.74) is 10.2. The molecule has 4 nitrogen and oxygen atoms in total. The van der Waals surface area contributed by atoms with Crippen molar-refractivity contribution in [2.24, 2.45) is 0 Å². The molecule has 0 atom stereocenters. The van der Waals surface area contributed by atoms with Crippen LogP contribution in [0.3, 0.4) is 0 Å². The van der Waals surface area contributed by atoms with Gasteiger partial charge in [-0.25, -0.2) is 4.79 Å². The van der Waals surface area contributed by atoms with Crippen LogP contribution in [0.4, 0.5) is 11.4 Å². The molecular formula is C17H20N2O2. The van der Waals surface area contributed by atoms with E-state index in [1.165, 1.54) is 18.2 Å². The topological polar surface area (TPSA) is 55.6 Å². The average Bonchev–Trinajstić information content (AvgIpc) is 2.46. The van der Waals surface area contributed by atoms with Crippen LogP contribution in [0.1, 0.15) is 21.5 Å². The molecule has 0 spiro atoms. The smallest absolute Gasteiger partial charge is 0.340 e. The van der Waals surface area contributed by atoms with Gasteiger partial charge in [-0.05, 0) is 24.6 Å². The van der Waals surface area contributed by atoms with Crippen LogP contribution in [0.2, 0.25) is 0 Å². The molecule has 110 valence electrons. The number of nitrogen functional groups attached to an aromatic ring is 1. The van der Waals surface area contributed by atoms with Crippen LogP contribution in [0.5, 0.6) is 0 Å². The van der Waals surface area contributed by atoms with Gasteiger partial charge in [0.1, 0.15) is 0 Å². The molecule has 0 amide bonds. The first-order valence-electron chi connectivity index (χ1n) is 6.76. The van der Waals surface area contributed by atoms with E-state index < -0.39 is 5.97 Å². The van der Waals surface area contributed by atoms with Crippen LogP contribution in [0.25, 0.3) is 0 Å². The standard InChI is InChI=1S/C17H20N2O2/c1-12-6-4-7-13(10-12)11-19(2)15-9-5-8-14(16(15)18)17(20)21-3/h4-10H,11,18H2,1-3H3. The summed E-state index contributed by atoms with van der Waals surface area (Å²) >= 11 is 0. The maximum Gasteiger partial charge on any atom is 0.340 e. The molecule has 2 aromatic rings. The molecule has 2 rings (SSSR count). The Bertz CT molecular complexity index is 653. The Morgan fingerprint density at radius 1 is 1.24 bits per heavy atom. The zero-order valence-corrected chi connectivity index (χ0v) is 12.6. The highest BCUT2D eigenvalue weighted by atomic mass is 16.5. The number of methoxy groups -OCH3 is 1. The molecule has 0 bridgehead atoms. The Morgan fingerprint density at radius 2 is 1.95 bits per heavy atom. The molecule has 0 heterocycles. The molecule has 0 unspecified atom stereocenters. The minimum Gasteiger partial charge on any atom is -0.465 e. The predicted octanol–water partition coefficient (Wildman–Crippen LogP) is 3.00. The molecule has 4 heteroatoms. The van der Waals surface area contributed by atoms with Crippen molar-refractivity contribution in [1.29, 1.82) is 0 Å². The summed E-state index contributed by atoms with van der Waals surface area (Å²) in [6, 6.07) is 13.7. The van der Waals surface area contributed by atoms with Gasteiger partial charge in [0.15, 0.2) is 0 Å². The van der Waals surface area contributed by atoms with Crippen molar-refractivity contribution >= 4 is 17.3 Å². The second-order valence-electron chi connectivity index (χ2n) is 5.08. The lowest BCUT2D eigenvalue weighted by molar-refractivity contribution is 0.0602. The monoisotopic (exact) mass is 284 g/mol. The van der Waals surface area contributed by atoms with Crippen LogP contribution in [-0.2, 0) is 11.3 Å². The Kier molecular flexibility index (Phi) is 4.48. The molecule has 2 N–H and O–H groups in total. The fourth-order valence-corrected chi connectivity index (χ4v) is 2.34. The van der Waals surface area contributed by atoms with Crippen molar-refractivity contribution in [3.8, 4) is 0 Å². The number of benzene rings is 2. The zero-order valence-electron chi connectivity index (χ0n) is 12.6. The van der Waals surface area contributed by atoms with E-state index in [4.69, 9.17) is 10.5 Å². The highest BCUT2D eigenvalue weighted by Crippen LogP contribution is 2.27. The van der Waals surface area contributed by atoms with E-state index in [9.17, 15) is 4.79 Å². The van der Waals surface area contributed by atoms with Gasteiger partial charge in [0, 0.05) is 13.6 Å². The van der Waals surface area contributed by atoms with Crippen LogP contribution < -0.4 is 10.6 Å². The van der Waals surface area contributed by atoms with Crippen LogP contribution in [0, 0.1) is 6.92 Å². The molecule has 0 aliphatic carbocycles. The van der Waals surface area contributed by atoms with Crippen molar-refractivity contribution in [3.05, 3.63) is 59.2 Å². The predicted molar refractivity (Wildman–Crippen MR) is 85.5 cm³/mol. The largest absolute Gasteiger partial charge is 0.465 e. The highest BCUT2D eigenvalue weighted by molar-refractivity contribution is 5.98. The van der Waals surface area contributed by atoms with E-state index in [1.807, 2.05) is 30.1 Å². The molecular weight excluding hydrogens is 264 g/mol. The van der Waals surface area contributed by atoms with Gasteiger partial charge >= 0.3 is 5.97 Å². The maximum absolute atomic E-state index is 11.7. The van der Waals surface area contributed by atoms with Gasteiger partial charge < -0.3 is 15.4 Å². The fourth-order valence-electron chi connectivity index (χ4n) is 2.34. The lowest BCUT2D eigenvalue weighted by Gasteiger charge is -2.22. The number of ether oxygens (including phenoxy) is 1. The number of nitrogens with two attached hydrogens (primary N) is 1. The SMILES string of the molecule is COC(=O)c1cccc(N(C)Cc2cccc(C)c2)c1N. The summed E-state index contributed by atoms with van der Waals surface area (Å²) in [5, 5.41) is 0. The molecule has 0 radical (unpaired) electrons. The van der Waals surface area contributed by atoms with E-state index >= 15 is 0 Å². The first-order valence-corrected chi connectivity index (χ1v) is 6.76. The minimum absolute atomic E-state index is 0.395. The number of esters is 1. The summed E-state index contributed by atoms with van der Waals surface area (Å²) in [4.78, 5) is 13.7. The van der Waals surface area contributed by atoms with E-state index in [0.29, 0.717) is 11.3 Å². The normalized spacial score (nSPS) is 10.2. The van der Waals surface area contributed by atoms with Crippen molar-refractivity contribution in [3.63, 3.8) is 0 Å². The third-order valence-electron chi connectivity index (χ3n) is 3.40. The summed E-state index contributed by atoms with van der Waals surface area (Å²) in [5.74, 6) is -0.418. The molecule has 0 fully saturated rings. The summed E-state index contributed by atoms with van der Waals surface area (Å²) in [6.07, 6.45) is 0. The van der Waals surface area contributed by atoms with E-state index in [2.05, 4.69) is 25.1 Å². The molecule has 0 saturated carbocycles. The van der Waals surface area contributed by atoms with E-state index in [-0.39, 0.29) is 0 Å². The molecule has 0 aliphatic rings. The maximum atomic E-state index is 11.7. The number of rotatable bonds is 4. The van der Waals surface area contributed by atoms with Crippen molar-refractivity contribution in [2.45, 2.75) is 13.5 Å². The fraction of sp³-hybridized carbons (Fsp3) is 0.235. The second kappa shape index (κ2) is 6.31. The zero-order chi connectivity index (χ0) is 15.4. The summed E-state index contributed by atoms with van der Waals surface area (Å²) in [6.45, 7) is 2.78. The molecule has 21 heavy (non-hydrogen) atoms. The Balaban J connectivity index is 2.27. The number of carbonyl (C=O) groups excluding carboxylic acids is 1. The quantitative estimate of drug-likeness (QED) is 0.692. The van der Waals surface area contributed by atoms with Gasteiger partial charge in [-0.15, -0.1) is 0 Å². The minimum atomic E-state index is -0.418. The van der Waals surface area contributed by atoms with Crippen molar-refractivity contribution < 1.29 is 9.53 Å². The van der Waals surface area contributed by atoms with Crippen molar-refractivity contribution in [2.75, 3.05) is 24.8 Å². The third kappa shape index (κ3) is 3.34. The first kappa shape index (κ1) is 14.9. The number of anilines is 2. The molecule has 0 aromatic heterocycles. The van der Waals surface area contributed by atoms with Gasteiger partial charge in [0.25, 0.3) is 0 Å². The second-order valence-corrected chi connectivity index (χ2v) is 5.08. The lowest BCUT2D eigenvalue weighted by Crippen LogP contribution is -2.19. The number of carbonyl (C=O) groups is 1. The summed E-state index contributed by atoms with van der Waals surface area (Å²) < 4.78 is 4.75. The van der Waals surface area contributed by atoms with E-state index in [0.717, 1.165) is 12.2 Å². The van der Waals surface area contributed by atoms with Gasteiger partial charge in [-0.3, -0.25) is 0 Å². The van der Waals surface area contributed by atoms with Crippen molar-refractivity contribution in [1.82, 2.24) is 0 Å². The third-order valence-corrected chi connectivity index (χ3v) is 3.40. The molecule has 2 aromatic carbocycles. The Hall–Kier alpha value is -2.49. The van der Waals surface area contributed by atoms with E-state index in [1.54, 1.807) is 6.07 Å². The number of hydrogen-bond acceptors (Lipinski definition) is 4. The number of hydrogen-bond donors (Lipinski definition) is 1. The number of nitrogens with zero attached hydrogens (tertiary/aromatic N) is 1. The lowest BCUT2D eigenvalue weighted by atomic mass is 10.1. The van der Waals surface area contributed by atoms with Crippen LogP contribution >= 0.6 is 0 Å². The number of para-hydroxylation sites is 1. The van der Waals surface area contributed by atoms with Gasteiger partial charge in [-0.1, -0.05) is 35.9 Å². The molecule has 0 saturated heterocycles. The summed E-state index contributed by atoms with van der Waals surface area (Å²) in [7, 11) is 3.31. The van der Waals surface area contributed by atoms with Crippen LogP contribution in [-0.4, -0.2) is 20.1 Å². The van der Waals surface area contributed by atoms with Crippen LogP contribution in [0.15, 0.2) is 42.5 Å². The average molecular weight is 284 g/mol. The Morgan fingerprint density at radius 3 is 2.62 bits per heavy atom. The van der Waals surface area contributed by atoms with Gasteiger partial charge in [0.05, 0.1) is 24.0 Å². The van der Waals surface area contributed by atoms with Gasteiger partial charge in [-0.2, -0.15) is 0 Å². The van der Waals surface area contributed by atoms with Gasteiger partial charge in [0.2, 0.25) is 0 Å². The first-order chi connectivity index (χ1) is 10.0. The number of aryl methyl sites for hydroxylation is 1. The molecule has 0 aliphatic heterocycles. The highest BCUT2D eigenvalue weighted by Gasteiger charge is 2.15. The Labute approximate surface area is 125 Å².